The number of hydrogen-bond donors (Lipinski definition) is 0. The standard InChI is InChI=1S/C27H34O2Si/c1-20(2)27(21-16-17-24(27)25(28)18-21)19-29-30(26(3,4)5,22-12-8-6-9-13-22)23-14-10-7-11-15-23/h6-15,21,24H,1,16-19H2,2-5H3/t21-,24+,27+/m1/s1. The van der Waals surface area contributed by atoms with Crippen LogP contribution in [0.4, 0.5) is 0 Å². The fourth-order valence-electron chi connectivity index (χ4n) is 6.26. The fraction of sp³-hybridized carbons (Fsp3) is 0.444. The molecule has 0 saturated heterocycles. The molecule has 0 aliphatic heterocycles. The molecule has 0 amide bonds. The Hall–Kier alpha value is -1.97. The van der Waals surface area contributed by atoms with Gasteiger partial charge in [0, 0.05) is 24.4 Å². The summed E-state index contributed by atoms with van der Waals surface area (Å²) >= 11 is 0. The molecule has 0 radical (unpaired) electrons. The Morgan fingerprint density at radius 2 is 1.57 bits per heavy atom. The molecule has 2 fully saturated rings. The van der Waals surface area contributed by atoms with Crippen molar-refractivity contribution in [3.8, 4) is 0 Å². The van der Waals surface area contributed by atoms with Crippen molar-refractivity contribution < 1.29 is 9.22 Å². The number of Topliss-reactive ketones (excluding diaryl/α,β-unsaturated/α-hetero) is 1. The predicted molar refractivity (Wildman–Crippen MR) is 127 cm³/mol. The first-order valence-corrected chi connectivity index (χ1v) is 13.1. The lowest BCUT2D eigenvalue weighted by atomic mass is 9.73. The molecular weight excluding hydrogens is 384 g/mol. The lowest BCUT2D eigenvalue weighted by Gasteiger charge is -2.46. The van der Waals surface area contributed by atoms with E-state index in [4.69, 9.17) is 4.43 Å². The van der Waals surface area contributed by atoms with Crippen molar-refractivity contribution in [1.29, 1.82) is 0 Å². The number of ketones is 1. The Bertz CT molecular complexity index is 889. The molecule has 158 valence electrons. The second-order valence-corrected chi connectivity index (χ2v) is 14.6. The number of hydrogen-bond acceptors (Lipinski definition) is 2. The zero-order valence-electron chi connectivity index (χ0n) is 18.8. The summed E-state index contributed by atoms with van der Waals surface area (Å²) in [6, 6.07) is 21.5. The molecule has 0 heterocycles. The van der Waals surface area contributed by atoms with Crippen LogP contribution in [-0.2, 0) is 9.22 Å². The Morgan fingerprint density at radius 3 is 1.93 bits per heavy atom. The number of rotatable bonds is 6. The maximum atomic E-state index is 12.7. The van der Waals surface area contributed by atoms with E-state index in [0.717, 1.165) is 18.4 Å². The molecule has 2 aromatic carbocycles. The van der Waals surface area contributed by atoms with Gasteiger partial charge in [0.1, 0.15) is 5.78 Å². The van der Waals surface area contributed by atoms with E-state index in [1.807, 2.05) is 0 Å². The minimum atomic E-state index is -2.62. The highest BCUT2D eigenvalue weighted by Crippen LogP contribution is 2.60. The Labute approximate surface area is 182 Å². The summed E-state index contributed by atoms with van der Waals surface area (Å²) in [6.07, 6.45) is 2.80. The van der Waals surface area contributed by atoms with Crippen molar-refractivity contribution in [2.75, 3.05) is 6.61 Å². The molecule has 2 aliphatic rings. The van der Waals surface area contributed by atoms with Crippen LogP contribution in [-0.4, -0.2) is 20.7 Å². The van der Waals surface area contributed by atoms with Crippen molar-refractivity contribution in [3.63, 3.8) is 0 Å². The molecule has 2 saturated carbocycles. The second kappa shape index (κ2) is 7.62. The highest BCUT2D eigenvalue weighted by molar-refractivity contribution is 6.99. The van der Waals surface area contributed by atoms with E-state index in [2.05, 4.69) is 94.9 Å². The molecule has 3 heteroatoms. The molecule has 2 aromatic rings. The monoisotopic (exact) mass is 418 g/mol. The average Bonchev–Trinajstić information content (AvgIpc) is 3.21. The van der Waals surface area contributed by atoms with Gasteiger partial charge in [-0.05, 0) is 41.1 Å². The number of carbonyl (C=O) groups is 1. The van der Waals surface area contributed by atoms with E-state index in [-0.39, 0.29) is 16.4 Å². The largest absolute Gasteiger partial charge is 0.406 e. The van der Waals surface area contributed by atoms with Gasteiger partial charge in [0.25, 0.3) is 8.32 Å². The molecular formula is C27H34O2Si. The highest BCUT2D eigenvalue weighted by atomic mass is 28.4. The van der Waals surface area contributed by atoms with Crippen LogP contribution in [0.25, 0.3) is 0 Å². The first kappa shape index (κ1) is 21.3. The fourth-order valence-corrected chi connectivity index (χ4v) is 10.9. The van der Waals surface area contributed by atoms with Crippen molar-refractivity contribution in [2.45, 2.75) is 52.0 Å². The van der Waals surface area contributed by atoms with Gasteiger partial charge in [0.05, 0.1) is 0 Å². The van der Waals surface area contributed by atoms with Gasteiger partial charge in [-0.15, -0.1) is 0 Å². The van der Waals surface area contributed by atoms with Crippen molar-refractivity contribution in [2.24, 2.45) is 17.3 Å². The second-order valence-electron chi connectivity index (χ2n) is 10.3. The lowest BCUT2D eigenvalue weighted by Crippen LogP contribution is -2.67. The molecule has 3 atom stereocenters. The summed E-state index contributed by atoms with van der Waals surface area (Å²) in [5, 5.41) is 2.52. The smallest absolute Gasteiger partial charge is 0.261 e. The Morgan fingerprint density at radius 1 is 1.03 bits per heavy atom. The van der Waals surface area contributed by atoms with Gasteiger partial charge in [0.2, 0.25) is 0 Å². The van der Waals surface area contributed by atoms with Gasteiger partial charge in [-0.1, -0.05) is 93.6 Å². The van der Waals surface area contributed by atoms with Crippen LogP contribution >= 0.6 is 0 Å². The summed E-state index contributed by atoms with van der Waals surface area (Å²) in [5.41, 5.74) is 0.920. The van der Waals surface area contributed by atoms with Gasteiger partial charge in [-0.25, -0.2) is 0 Å². The maximum absolute atomic E-state index is 12.7. The summed E-state index contributed by atoms with van der Waals surface area (Å²) in [7, 11) is -2.62. The maximum Gasteiger partial charge on any atom is 0.261 e. The average molecular weight is 419 g/mol. The van der Waals surface area contributed by atoms with Crippen molar-refractivity contribution in [3.05, 3.63) is 72.8 Å². The van der Waals surface area contributed by atoms with E-state index in [1.54, 1.807) is 0 Å². The van der Waals surface area contributed by atoms with Gasteiger partial charge in [-0.2, -0.15) is 0 Å². The van der Waals surface area contributed by atoms with Crippen LogP contribution in [0.3, 0.4) is 0 Å². The van der Waals surface area contributed by atoms with Gasteiger partial charge >= 0.3 is 0 Å². The van der Waals surface area contributed by atoms with E-state index in [0.29, 0.717) is 24.7 Å². The summed E-state index contributed by atoms with van der Waals surface area (Å²) in [5.74, 6) is 0.879. The molecule has 0 unspecified atom stereocenters. The van der Waals surface area contributed by atoms with Gasteiger partial charge in [0.15, 0.2) is 0 Å². The zero-order chi connectivity index (χ0) is 21.6. The third-order valence-electron chi connectivity index (χ3n) is 7.73. The molecule has 0 N–H and O–H groups in total. The van der Waals surface area contributed by atoms with E-state index >= 15 is 0 Å². The van der Waals surface area contributed by atoms with Crippen LogP contribution in [0.1, 0.15) is 47.0 Å². The van der Waals surface area contributed by atoms with Crippen LogP contribution < -0.4 is 10.4 Å². The lowest BCUT2D eigenvalue weighted by molar-refractivity contribution is -0.122. The minimum Gasteiger partial charge on any atom is -0.406 e. The van der Waals surface area contributed by atoms with E-state index in [1.165, 1.54) is 10.4 Å². The molecule has 0 aromatic heterocycles. The summed E-state index contributed by atoms with van der Waals surface area (Å²) < 4.78 is 7.27. The van der Waals surface area contributed by atoms with E-state index in [9.17, 15) is 4.79 Å². The summed E-state index contributed by atoms with van der Waals surface area (Å²) in [4.78, 5) is 12.7. The summed E-state index contributed by atoms with van der Waals surface area (Å²) in [6.45, 7) is 14.0. The van der Waals surface area contributed by atoms with Crippen molar-refractivity contribution >= 4 is 24.5 Å². The number of fused-ring (bicyclic) bond motifs is 2. The van der Waals surface area contributed by atoms with Gasteiger partial charge < -0.3 is 4.43 Å². The first-order chi connectivity index (χ1) is 14.2. The van der Waals surface area contributed by atoms with Crippen molar-refractivity contribution in [1.82, 2.24) is 0 Å². The number of benzene rings is 2. The third-order valence-corrected chi connectivity index (χ3v) is 12.7. The minimum absolute atomic E-state index is 0.0619. The third kappa shape index (κ3) is 3.06. The topological polar surface area (TPSA) is 26.3 Å². The number of carbonyl (C=O) groups excluding carboxylic acids is 1. The van der Waals surface area contributed by atoms with Crippen LogP contribution in [0.2, 0.25) is 5.04 Å². The SMILES string of the molecule is C=C(C)[C@@]1(CO[Si](c2ccccc2)(c2ccccc2)C(C)(C)C)[C@@H]2CC[C@H]1C(=O)C2. The molecule has 0 spiro atoms. The molecule has 30 heavy (non-hydrogen) atoms. The molecule has 2 aliphatic carbocycles. The Balaban J connectivity index is 1.84. The first-order valence-electron chi connectivity index (χ1n) is 11.2. The van der Waals surface area contributed by atoms with Crippen LogP contribution in [0, 0.1) is 17.3 Å². The molecule has 2 bridgehead atoms. The molecule has 2 nitrogen and oxygen atoms in total. The normalized spacial score (nSPS) is 26.2. The predicted octanol–water partition coefficient (Wildman–Crippen LogP) is 5.12. The van der Waals surface area contributed by atoms with Crippen LogP contribution in [0.5, 0.6) is 0 Å². The molecule has 4 rings (SSSR count). The van der Waals surface area contributed by atoms with E-state index < -0.39 is 8.32 Å². The highest BCUT2D eigenvalue weighted by Gasteiger charge is 2.61. The van der Waals surface area contributed by atoms with Crippen LogP contribution in [0.15, 0.2) is 72.8 Å². The van der Waals surface area contributed by atoms with Gasteiger partial charge in [-0.3, -0.25) is 4.79 Å². The zero-order valence-corrected chi connectivity index (χ0v) is 19.8. The quantitative estimate of drug-likeness (QED) is 0.480. The Kier molecular flexibility index (Phi) is 5.40.